The third-order valence-corrected chi connectivity index (χ3v) is 1.27. The van der Waals surface area contributed by atoms with Crippen molar-refractivity contribution in [2.75, 3.05) is 13.1 Å². The molecule has 7 heavy (non-hydrogen) atoms. The fourth-order valence-electron chi connectivity index (χ4n) is 0.574. The summed E-state index contributed by atoms with van der Waals surface area (Å²) in [4.78, 5) is 0. The summed E-state index contributed by atoms with van der Waals surface area (Å²) in [5, 5.41) is 10.6. The smallest absolute Gasteiger partial charge is 0.134 e. The Labute approximate surface area is 42.9 Å². The molecular weight excluding hydrogens is 90.1 g/mol. The first-order valence-electron chi connectivity index (χ1n) is 2.33. The standard InChI is InChI=1S/C5H7NO/c1-2-6(7)4-3-5-6/h1H,3-5H2. The van der Waals surface area contributed by atoms with Crippen LogP contribution in [0.1, 0.15) is 6.42 Å². The lowest BCUT2D eigenvalue weighted by Crippen LogP contribution is -2.48. The average Bonchev–Trinajstić information content (AvgIpc) is 1.61. The highest BCUT2D eigenvalue weighted by Gasteiger charge is 2.23. The van der Waals surface area contributed by atoms with Crippen molar-refractivity contribution in [3.05, 3.63) is 5.21 Å². The molecule has 0 bridgehead atoms. The molecule has 38 valence electrons. The molecule has 1 fully saturated rings. The number of hydrogen-bond donors (Lipinski definition) is 0. The van der Waals surface area contributed by atoms with E-state index in [1.807, 2.05) is 0 Å². The molecule has 1 aliphatic rings. The molecule has 0 amide bonds. The molecule has 0 aromatic rings. The van der Waals surface area contributed by atoms with Crippen molar-refractivity contribution >= 4 is 0 Å². The predicted octanol–water partition coefficient (Wildman–Crippen LogP) is 0.295. The zero-order chi connectivity index (χ0) is 5.33. The van der Waals surface area contributed by atoms with Crippen molar-refractivity contribution in [1.29, 1.82) is 0 Å². The van der Waals surface area contributed by atoms with Gasteiger partial charge in [0.05, 0.1) is 13.1 Å². The van der Waals surface area contributed by atoms with Gasteiger partial charge in [-0.2, -0.15) is 0 Å². The molecule has 0 atom stereocenters. The summed E-state index contributed by atoms with van der Waals surface area (Å²) >= 11 is 0. The first-order chi connectivity index (χ1) is 3.27. The Bertz CT molecular complexity index is 110. The van der Waals surface area contributed by atoms with Gasteiger partial charge in [-0.3, -0.25) is 4.65 Å². The third kappa shape index (κ3) is 0.604. The topological polar surface area (TPSA) is 23.1 Å². The predicted molar refractivity (Wildman–Crippen MR) is 26.8 cm³/mol. The molecule has 0 unspecified atom stereocenters. The monoisotopic (exact) mass is 97.1 g/mol. The van der Waals surface area contributed by atoms with E-state index in [1.54, 1.807) is 0 Å². The fourth-order valence-corrected chi connectivity index (χ4v) is 0.574. The Kier molecular flexibility index (Phi) is 0.810. The van der Waals surface area contributed by atoms with Gasteiger partial charge in [0.2, 0.25) is 0 Å². The van der Waals surface area contributed by atoms with E-state index in [9.17, 15) is 5.21 Å². The van der Waals surface area contributed by atoms with Crippen LogP contribution in [0, 0.1) is 17.7 Å². The van der Waals surface area contributed by atoms with Crippen molar-refractivity contribution in [2.45, 2.75) is 6.42 Å². The first kappa shape index (κ1) is 4.63. The lowest BCUT2D eigenvalue weighted by Gasteiger charge is -2.42. The number of terminal acetylenes is 1. The second-order valence-corrected chi connectivity index (χ2v) is 1.82. The first-order valence-corrected chi connectivity index (χ1v) is 2.33. The molecule has 0 aliphatic carbocycles. The van der Waals surface area contributed by atoms with E-state index in [1.165, 1.54) is 0 Å². The van der Waals surface area contributed by atoms with E-state index in [-0.39, 0.29) is 0 Å². The van der Waals surface area contributed by atoms with Gasteiger partial charge in [0.1, 0.15) is 6.04 Å². The SMILES string of the molecule is C#C[N+]1([O-])CCC1. The summed E-state index contributed by atoms with van der Waals surface area (Å²) in [5.74, 6) is 0. The van der Waals surface area contributed by atoms with E-state index in [2.05, 4.69) is 6.04 Å². The maximum absolute atomic E-state index is 10.6. The second-order valence-electron chi connectivity index (χ2n) is 1.82. The largest absolute Gasteiger partial charge is 0.619 e. The van der Waals surface area contributed by atoms with Crippen LogP contribution in [0.3, 0.4) is 0 Å². The molecule has 0 spiro atoms. The molecule has 1 aliphatic heterocycles. The van der Waals surface area contributed by atoms with E-state index in [4.69, 9.17) is 6.42 Å². The van der Waals surface area contributed by atoms with Crippen molar-refractivity contribution in [3.8, 4) is 12.5 Å². The number of nitrogens with zero attached hydrogens (tertiary/aromatic N) is 1. The number of hydroxylamine groups is 3. The quantitative estimate of drug-likeness (QED) is 0.242. The average molecular weight is 97.1 g/mol. The summed E-state index contributed by atoms with van der Waals surface area (Å²) in [6.45, 7) is 1.24. The summed E-state index contributed by atoms with van der Waals surface area (Å²) in [5.41, 5.74) is 0. The Morgan fingerprint density at radius 1 is 1.57 bits per heavy atom. The van der Waals surface area contributed by atoms with Crippen LogP contribution in [0.2, 0.25) is 0 Å². The van der Waals surface area contributed by atoms with Crippen LogP contribution < -0.4 is 0 Å². The second kappa shape index (κ2) is 1.22. The van der Waals surface area contributed by atoms with Crippen LogP contribution in [-0.2, 0) is 0 Å². The van der Waals surface area contributed by atoms with Crippen LogP contribution in [0.5, 0.6) is 0 Å². The highest BCUT2D eigenvalue weighted by Crippen LogP contribution is 2.14. The van der Waals surface area contributed by atoms with Gasteiger partial charge < -0.3 is 5.21 Å². The van der Waals surface area contributed by atoms with Crippen molar-refractivity contribution < 1.29 is 4.65 Å². The van der Waals surface area contributed by atoms with E-state index in [0.717, 1.165) is 6.42 Å². The van der Waals surface area contributed by atoms with E-state index in [0.29, 0.717) is 13.1 Å². The zero-order valence-electron chi connectivity index (χ0n) is 4.05. The highest BCUT2D eigenvalue weighted by molar-refractivity contribution is 4.77. The number of rotatable bonds is 0. The molecule has 1 heterocycles. The van der Waals surface area contributed by atoms with Gasteiger partial charge >= 0.3 is 0 Å². The fraction of sp³-hybridized carbons (Fsp3) is 0.600. The van der Waals surface area contributed by atoms with Crippen LogP contribution in [0.25, 0.3) is 0 Å². The third-order valence-electron chi connectivity index (χ3n) is 1.27. The minimum atomic E-state index is -0.403. The van der Waals surface area contributed by atoms with Gasteiger partial charge in [0.15, 0.2) is 0 Å². The molecule has 2 heteroatoms. The molecule has 1 saturated heterocycles. The normalized spacial score (nSPS) is 25.1. The summed E-state index contributed by atoms with van der Waals surface area (Å²) in [7, 11) is 0. The van der Waals surface area contributed by atoms with Gasteiger partial charge in [0, 0.05) is 6.42 Å². The Morgan fingerprint density at radius 2 is 2.14 bits per heavy atom. The van der Waals surface area contributed by atoms with Crippen molar-refractivity contribution in [1.82, 2.24) is 0 Å². The maximum Gasteiger partial charge on any atom is 0.134 e. The van der Waals surface area contributed by atoms with Crippen molar-refractivity contribution in [3.63, 3.8) is 0 Å². The summed E-state index contributed by atoms with van der Waals surface area (Å²) in [6, 6.07) is 2.16. The maximum atomic E-state index is 10.6. The van der Waals surface area contributed by atoms with Crippen LogP contribution in [-0.4, -0.2) is 17.7 Å². The Morgan fingerprint density at radius 3 is 2.14 bits per heavy atom. The highest BCUT2D eigenvalue weighted by atomic mass is 16.5. The number of likely N-dealkylation sites (tertiary alicyclic amines) is 1. The van der Waals surface area contributed by atoms with E-state index < -0.39 is 4.65 Å². The molecule has 0 aromatic carbocycles. The van der Waals surface area contributed by atoms with Crippen LogP contribution in [0.15, 0.2) is 0 Å². The van der Waals surface area contributed by atoms with Crippen molar-refractivity contribution in [2.24, 2.45) is 0 Å². The van der Waals surface area contributed by atoms with Gasteiger partial charge in [-0.05, 0) is 0 Å². The molecule has 0 aromatic heterocycles. The molecule has 0 saturated carbocycles. The summed E-state index contributed by atoms with van der Waals surface area (Å²) < 4.78 is -0.403. The minimum absolute atomic E-state index is 0.403. The van der Waals surface area contributed by atoms with Gasteiger partial charge in [0.25, 0.3) is 0 Å². The van der Waals surface area contributed by atoms with Gasteiger partial charge in [-0.1, -0.05) is 6.42 Å². The van der Waals surface area contributed by atoms with E-state index >= 15 is 0 Å². The minimum Gasteiger partial charge on any atom is -0.619 e. The Balaban J connectivity index is 2.48. The lowest BCUT2D eigenvalue weighted by molar-refractivity contribution is -0.854. The molecule has 0 N–H and O–H groups in total. The number of quaternary nitrogens is 1. The summed E-state index contributed by atoms with van der Waals surface area (Å²) in [6.07, 6.45) is 5.87. The molecule has 1 rings (SSSR count). The molecule has 0 radical (unpaired) electrons. The van der Waals surface area contributed by atoms with Crippen LogP contribution in [0.4, 0.5) is 0 Å². The zero-order valence-corrected chi connectivity index (χ0v) is 4.05. The molecular formula is C5H7NO. The lowest BCUT2D eigenvalue weighted by atomic mass is 10.2. The van der Waals surface area contributed by atoms with Gasteiger partial charge in [-0.25, -0.2) is 0 Å². The van der Waals surface area contributed by atoms with Crippen LogP contribution >= 0.6 is 0 Å². The van der Waals surface area contributed by atoms with Gasteiger partial charge in [-0.15, -0.1) is 0 Å². The number of hydrogen-bond acceptors (Lipinski definition) is 1. The molecule has 2 nitrogen and oxygen atoms in total. The Hall–Kier alpha value is -0.520.